The van der Waals surface area contributed by atoms with E-state index in [-0.39, 0.29) is 12.6 Å². The number of fused-ring (bicyclic) bond motifs is 1. The largest absolute Gasteiger partial charge is 0.454 e. The summed E-state index contributed by atoms with van der Waals surface area (Å²) in [5.74, 6) is 1.87. The second-order valence-corrected chi connectivity index (χ2v) is 4.99. The maximum absolute atomic E-state index is 12.9. The first-order valence-electron chi connectivity index (χ1n) is 7.15. The molecule has 4 rings (SSSR count). The first kappa shape index (κ1) is 14.2. The van der Waals surface area contributed by atoms with Gasteiger partial charge in [0, 0.05) is 17.4 Å². The number of anilines is 4. The predicted molar refractivity (Wildman–Crippen MR) is 85.4 cm³/mol. The normalized spacial score (nSPS) is 12.0. The molecule has 0 fully saturated rings. The standard InChI is InChI=1S/C16H12FN5O2/c17-10-1-3-11(4-2-10)19-15-8-18-22-16(21-15)20-12-5-6-13-14(7-12)24-9-23-13/h1-8H,9H2,(H2,19,20,21,22). The van der Waals surface area contributed by atoms with Gasteiger partial charge >= 0.3 is 0 Å². The van der Waals surface area contributed by atoms with Crippen LogP contribution in [0.3, 0.4) is 0 Å². The van der Waals surface area contributed by atoms with E-state index in [1.54, 1.807) is 24.3 Å². The lowest BCUT2D eigenvalue weighted by Gasteiger charge is -2.08. The molecule has 24 heavy (non-hydrogen) atoms. The second kappa shape index (κ2) is 5.99. The summed E-state index contributed by atoms with van der Waals surface area (Å²) >= 11 is 0. The molecule has 0 aliphatic carbocycles. The quantitative estimate of drug-likeness (QED) is 0.762. The number of hydrogen-bond donors (Lipinski definition) is 2. The van der Waals surface area contributed by atoms with Gasteiger partial charge in [0.15, 0.2) is 17.3 Å². The molecule has 120 valence electrons. The minimum atomic E-state index is -0.300. The van der Waals surface area contributed by atoms with E-state index in [9.17, 15) is 4.39 Å². The lowest BCUT2D eigenvalue weighted by atomic mass is 10.3. The van der Waals surface area contributed by atoms with Crippen molar-refractivity contribution in [3.05, 3.63) is 54.5 Å². The molecule has 0 radical (unpaired) electrons. The Morgan fingerprint density at radius 2 is 1.71 bits per heavy atom. The van der Waals surface area contributed by atoms with Crippen molar-refractivity contribution < 1.29 is 13.9 Å². The Morgan fingerprint density at radius 3 is 2.58 bits per heavy atom. The molecule has 0 saturated heterocycles. The lowest BCUT2D eigenvalue weighted by molar-refractivity contribution is 0.174. The number of rotatable bonds is 4. The predicted octanol–water partition coefficient (Wildman–Crippen LogP) is 3.23. The molecule has 0 spiro atoms. The Balaban J connectivity index is 1.51. The third-order valence-electron chi connectivity index (χ3n) is 3.30. The van der Waals surface area contributed by atoms with Gasteiger partial charge in [-0.2, -0.15) is 10.1 Å². The molecule has 7 nitrogen and oxygen atoms in total. The zero-order valence-electron chi connectivity index (χ0n) is 12.4. The molecular formula is C16H12FN5O2. The molecule has 0 unspecified atom stereocenters. The number of hydrogen-bond acceptors (Lipinski definition) is 7. The molecule has 1 aliphatic heterocycles. The molecule has 0 bridgehead atoms. The summed E-state index contributed by atoms with van der Waals surface area (Å²) in [6.07, 6.45) is 1.48. The highest BCUT2D eigenvalue weighted by Crippen LogP contribution is 2.34. The van der Waals surface area contributed by atoms with Crippen molar-refractivity contribution in [3.63, 3.8) is 0 Å². The minimum absolute atomic E-state index is 0.216. The summed E-state index contributed by atoms with van der Waals surface area (Å²) < 4.78 is 23.5. The fourth-order valence-electron chi connectivity index (χ4n) is 2.20. The van der Waals surface area contributed by atoms with Gasteiger partial charge in [0.1, 0.15) is 5.82 Å². The average Bonchev–Trinajstić information content (AvgIpc) is 3.05. The summed E-state index contributed by atoms with van der Waals surface area (Å²) in [7, 11) is 0. The van der Waals surface area contributed by atoms with E-state index in [1.807, 2.05) is 6.07 Å². The molecule has 2 heterocycles. The van der Waals surface area contributed by atoms with Gasteiger partial charge < -0.3 is 20.1 Å². The first-order valence-corrected chi connectivity index (χ1v) is 7.15. The van der Waals surface area contributed by atoms with E-state index >= 15 is 0 Å². The molecule has 2 aromatic carbocycles. The Kier molecular flexibility index (Phi) is 3.54. The van der Waals surface area contributed by atoms with Gasteiger partial charge in [-0.3, -0.25) is 0 Å². The number of benzene rings is 2. The van der Waals surface area contributed by atoms with Crippen LogP contribution in [-0.4, -0.2) is 22.0 Å². The van der Waals surface area contributed by atoms with Crippen LogP contribution in [0.5, 0.6) is 11.5 Å². The summed E-state index contributed by atoms with van der Waals surface area (Å²) in [5.41, 5.74) is 1.45. The lowest BCUT2D eigenvalue weighted by Crippen LogP contribution is -2.02. The van der Waals surface area contributed by atoms with Crippen LogP contribution in [0.25, 0.3) is 0 Å². The van der Waals surface area contributed by atoms with Gasteiger partial charge in [-0.25, -0.2) is 4.39 Å². The van der Waals surface area contributed by atoms with Crippen molar-refractivity contribution in [1.29, 1.82) is 0 Å². The zero-order valence-corrected chi connectivity index (χ0v) is 12.4. The van der Waals surface area contributed by atoms with Crippen LogP contribution in [0.1, 0.15) is 0 Å². The Bertz CT molecular complexity index is 873. The van der Waals surface area contributed by atoms with Gasteiger partial charge in [-0.1, -0.05) is 0 Å². The van der Waals surface area contributed by atoms with E-state index in [0.29, 0.717) is 29.0 Å². The van der Waals surface area contributed by atoms with E-state index in [1.165, 1.54) is 18.3 Å². The number of aromatic nitrogens is 3. The van der Waals surface area contributed by atoms with Gasteiger partial charge in [0.05, 0.1) is 6.20 Å². The number of ether oxygens (including phenoxy) is 2. The monoisotopic (exact) mass is 325 g/mol. The number of halogens is 1. The smallest absolute Gasteiger partial charge is 0.249 e. The third kappa shape index (κ3) is 3.02. The van der Waals surface area contributed by atoms with Crippen molar-refractivity contribution in [3.8, 4) is 11.5 Å². The second-order valence-electron chi connectivity index (χ2n) is 4.99. The van der Waals surface area contributed by atoms with Crippen LogP contribution in [-0.2, 0) is 0 Å². The van der Waals surface area contributed by atoms with Crippen molar-refractivity contribution in [2.75, 3.05) is 17.4 Å². The fraction of sp³-hybridized carbons (Fsp3) is 0.0625. The summed E-state index contributed by atoms with van der Waals surface area (Å²) in [6.45, 7) is 0.216. The highest BCUT2D eigenvalue weighted by atomic mass is 19.1. The SMILES string of the molecule is Fc1ccc(Nc2cnnc(Nc3ccc4c(c3)OCO4)n2)cc1. The molecule has 0 saturated carbocycles. The van der Waals surface area contributed by atoms with Crippen LogP contribution in [0.15, 0.2) is 48.7 Å². The first-order chi connectivity index (χ1) is 11.8. The van der Waals surface area contributed by atoms with E-state index in [4.69, 9.17) is 9.47 Å². The van der Waals surface area contributed by atoms with Crippen molar-refractivity contribution >= 4 is 23.1 Å². The molecule has 2 N–H and O–H groups in total. The van der Waals surface area contributed by atoms with Crippen LogP contribution in [0, 0.1) is 5.82 Å². The summed E-state index contributed by atoms with van der Waals surface area (Å²) in [4.78, 5) is 4.32. The van der Waals surface area contributed by atoms with Crippen LogP contribution >= 0.6 is 0 Å². The fourth-order valence-corrected chi connectivity index (χ4v) is 2.20. The minimum Gasteiger partial charge on any atom is -0.454 e. The van der Waals surface area contributed by atoms with Gasteiger partial charge in [-0.05, 0) is 36.4 Å². The summed E-state index contributed by atoms with van der Waals surface area (Å²) in [5, 5.41) is 13.9. The van der Waals surface area contributed by atoms with Gasteiger partial charge in [0.2, 0.25) is 12.7 Å². The number of nitrogens with one attached hydrogen (secondary N) is 2. The van der Waals surface area contributed by atoms with Gasteiger partial charge in [0.25, 0.3) is 0 Å². The maximum Gasteiger partial charge on any atom is 0.249 e. The molecule has 1 aliphatic rings. The Hall–Kier alpha value is -3.42. The zero-order chi connectivity index (χ0) is 16.4. The Morgan fingerprint density at radius 1 is 0.917 bits per heavy atom. The van der Waals surface area contributed by atoms with E-state index in [0.717, 1.165) is 5.69 Å². The Labute approximate surface area is 136 Å². The van der Waals surface area contributed by atoms with E-state index < -0.39 is 0 Å². The molecule has 3 aromatic rings. The topological polar surface area (TPSA) is 81.2 Å². The third-order valence-corrected chi connectivity index (χ3v) is 3.30. The van der Waals surface area contributed by atoms with E-state index in [2.05, 4.69) is 25.8 Å². The molecule has 0 amide bonds. The molecular weight excluding hydrogens is 313 g/mol. The van der Waals surface area contributed by atoms with Crippen molar-refractivity contribution in [2.24, 2.45) is 0 Å². The van der Waals surface area contributed by atoms with Crippen LogP contribution in [0.2, 0.25) is 0 Å². The maximum atomic E-state index is 12.9. The highest BCUT2D eigenvalue weighted by molar-refractivity contribution is 5.62. The average molecular weight is 325 g/mol. The number of nitrogens with zero attached hydrogens (tertiary/aromatic N) is 3. The molecule has 0 atom stereocenters. The van der Waals surface area contributed by atoms with Gasteiger partial charge in [-0.15, -0.1) is 5.10 Å². The van der Waals surface area contributed by atoms with Crippen LogP contribution < -0.4 is 20.1 Å². The summed E-state index contributed by atoms with van der Waals surface area (Å²) in [6, 6.07) is 11.4. The van der Waals surface area contributed by atoms with Crippen molar-refractivity contribution in [2.45, 2.75) is 0 Å². The highest BCUT2D eigenvalue weighted by Gasteiger charge is 2.13. The molecule has 1 aromatic heterocycles. The molecule has 8 heteroatoms. The van der Waals surface area contributed by atoms with Crippen molar-refractivity contribution in [1.82, 2.24) is 15.2 Å². The van der Waals surface area contributed by atoms with Crippen LogP contribution in [0.4, 0.5) is 27.5 Å².